The summed E-state index contributed by atoms with van der Waals surface area (Å²) in [6.45, 7) is 0.704. The van der Waals surface area contributed by atoms with Crippen LogP contribution < -0.4 is 5.69 Å². The molecule has 1 fully saturated rings. The first kappa shape index (κ1) is 21.4. The highest BCUT2D eigenvalue weighted by molar-refractivity contribution is 5.85. The molecule has 4 aromatic rings. The summed E-state index contributed by atoms with van der Waals surface area (Å²) < 4.78 is 9.49. The van der Waals surface area contributed by atoms with Gasteiger partial charge < -0.3 is 9.72 Å². The minimum atomic E-state index is 0.0338. The number of aromatic amines is 1. The third-order valence-electron chi connectivity index (χ3n) is 7.57. The Morgan fingerprint density at radius 1 is 1.12 bits per heavy atom. The quantitative estimate of drug-likeness (QED) is 0.438. The molecule has 0 saturated heterocycles. The van der Waals surface area contributed by atoms with Gasteiger partial charge in [-0.15, -0.1) is 0 Å². The molecule has 0 radical (unpaired) electrons. The molecule has 0 spiro atoms. The van der Waals surface area contributed by atoms with Crippen LogP contribution in [0.1, 0.15) is 51.4 Å². The molecule has 2 aliphatic carbocycles. The second kappa shape index (κ2) is 8.87. The van der Waals surface area contributed by atoms with Crippen molar-refractivity contribution in [3.8, 4) is 11.1 Å². The van der Waals surface area contributed by atoms with Crippen LogP contribution in [-0.2, 0) is 11.3 Å². The van der Waals surface area contributed by atoms with Gasteiger partial charge in [0.05, 0.1) is 11.6 Å². The zero-order valence-electron chi connectivity index (χ0n) is 19.7. The Hall–Kier alpha value is -3.19. The number of fused-ring (bicyclic) bond motifs is 2. The first-order valence-electron chi connectivity index (χ1n) is 12.5. The number of hydrogen-bond donors (Lipinski definition) is 1. The molecular weight excluding hydrogens is 426 g/mol. The van der Waals surface area contributed by atoms with Crippen LogP contribution in [0.15, 0.2) is 47.7 Å². The standard InChI is InChI=1S/C27H31N5O2/c1-34-23-9-5-6-18(12-23)17-31-24-14-21(20-13-19-10-11-28-25(19)29-15-20)16-30-26(24)32(27(31)33)22-7-3-2-4-8-22/h7,10-11,13-16,18,23H,2-6,8-9,12,17H2,1H3,(H,28,29)/t18-,23-/m1/s1. The predicted octanol–water partition coefficient (Wildman–Crippen LogP) is 5.36. The summed E-state index contributed by atoms with van der Waals surface area (Å²) >= 11 is 0. The molecule has 1 saturated carbocycles. The summed E-state index contributed by atoms with van der Waals surface area (Å²) in [7, 11) is 1.80. The number of H-pyrrole nitrogens is 1. The van der Waals surface area contributed by atoms with E-state index in [0.29, 0.717) is 12.5 Å². The van der Waals surface area contributed by atoms with Crippen molar-refractivity contribution >= 4 is 27.9 Å². The lowest BCUT2D eigenvalue weighted by atomic mass is 9.87. The number of ether oxygens (including phenoxy) is 1. The van der Waals surface area contributed by atoms with Crippen LogP contribution in [-0.4, -0.2) is 37.3 Å². The molecule has 2 atom stereocenters. The molecule has 4 aromatic heterocycles. The Bertz CT molecular complexity index is 1430. The Labute approximate surface area is 198 Å². The fourth-order valence-electron chi connectivity index (χ4n) is 5.73. The van der Waals surface area contributed by atoms with Crippen LogP contribution in [0.3, 0.4) is 0 Å². The number of nitrogens with one attached hydrogen (secondary N) is 1. The van der Waals surface area contributed by atoms with Crippen molar-refractivity contribution in [1.82, 2.24) is 24.1 Å². The topological polar surface area (TPSA) is 77.7 Å². The summed E-state index contributed by atoms with van der Waals surface area (Å²) in [5.41, 5.74) is 5.64. The Kier molecular flexibility index (Phi) is 5.57. The highest BCUT2D eigenvalue weighted by Gasteiger charge is 2.26. The third-order valence-corrected chi connectivity index (χ3v) is 7.57. The van der Waals surface area contributed by atoms with Crippen LogP contribution in [0.4, 0.5) is 0 Å². The molecule has 176 valence electrons. The molecule has 0 aliphatic heterocycles. The van der Waals surface area contributed by atoms with E-state index in [-0.39, 0.29) is 11.8 Å². The summed E-state index contributed by atoms with van der Waals surface area (Å²) in [6.07, 6.45) is 16.8. The van der Waals surface area contributed by atoms with E-state index < -0.39 is 0 Å². The molecule has 1 N–H and O–H groups in total. The van der Waals surface area contributed by atoms with Crippen LogP contribution in [0.5, 0.6) is 0 Å². The molecule has 0 amide bonds. The maximum Gasteiger partial charge on any atom is 0.334 e. The van der Waals surface area contributed by atoms with Crippen LogP contribution in [0.2, 0.25) is 0 Å². The zero-order valence-corrected chi connectivity index (χ0v) is 19.7. The minimum absolute atomic E-state index is 0.0338. The molecule has 6 rings (SSSR count). The molecular formula is C27H31N5O2. The fraction of sp³-hybridized carbons (Fsp3) is 0.444. The molecule has 2 aliphatic rings. The van der Waals surface area contributed by atoms with Gasteiger partial charge in [-0.2, -0.15) is 0 Å². The van der Waals surface area contributed by atoms with Crippen molar-refractivity contribution < 1.29 is 4.74 Å². The van der Waals surface area contributed by atoms with Gasteiger partial charge in [0.15, 0.2) is 5.65 Å². The lowest BCUT2D eigenvalue weighted by Crippen LogP contribution is -2.30. The predicted molar refractivity (Wildman–Crippen MR) is 135 cm³/mol. The summed E-state index contributed by atoms with van der Waals surface area (Å²) in [4.78, 5) is 26.3. The SMILES string of the molecule is CO[C@@H]1CCC[C@@H](Cn2c(=O)n(C3=CCCCC3)c3ncc(-c4cnc5[nH]ccc5c4)cc32)C1. The average molecular weight is 458 g/mol. The van der Waals surface area contributed by atoms with Crippen molar-refractivity contribution in [2.75, 3.05) is 7.11 Å². The van der Waals surface area contributed by atoms with Gasteiger partial charge in [-0.3, -0.25) is 4.57 Å². The van der Waals surface area contributed by atoms with Gasteiger partial charge in [0, 0.05) is 54.5 Å². The van der Waals surface area contributed by atoms with Crippen molar-refractivity contribution in [3.63, 3.8) is 0 Å². The van der Waals surface area contributed by atoms with Gasteiger partial charge in [0.1, 0.15) is 5.65 Å². The van der Waals surface area contributed by atoms with Crippen molar-refractivity contribution in [2.45, 2.75) is 64.0 Å². The summed E-state index contributed by atoms with van der Waals surface area (Å²) in [5, 5.41) is 1.06. The van der Waals surface area contributed by atoms with E-state index in [1.54, 1.807) is 7.11 Å². The Morgan fingerprint density at radius 2 is 2.00 bits per heavy atom. The minimum Gasteiger partial charge on any atom is -0.381 e. The number of hydrogen-bond acceptors (Lipinski definition) is 4. The van der Waals surface area contributed by atoms with Gasteiger partial charge in [-0.25, -0.2) is 19.3 Å². The van der Waals surface area contributed by atoms with Crippen LogP contribution in [0.25, 0.3) is 39.0 Å². The zero-order chi connectivity index (χ0) is 23.1. The third kappa shape index (κ3) is 3.78. The van der Waals surface area contributed by atoms with E-state index >= 15 is 0 Å². The van der Waals surface area contributed by atoms with E-state index in [1.165, 1.54) is 6.42 Å². The maximum atomic E-state index is 13.8. The van der Waals surface area contributed by atoms with E-state index in [2.05, 4.69) is 28.2 Å². The number of imidazole rings is 1. The van der Waals surface area contributed by atoms with Gasteiger partial charge in [-0.05, 0) is 69.1 Å². The fourth-order valence-corrected chi connectivity index (χ4v) is 5.73. The second-order valence-corrected chi connectivity index (χ2v) is 9.77. The molecule has 7 heteroatoms. The largest absolute Gasteiger partial charge is 0.381 e. The Morgan fingerprint density at radius 3 is 2.85 bits per heavy atom. The molecule has 4 heterocycles. The molecule has 7 nitrogen and oxygen atoms in total. The molecule has 0 bridgehead atoms. The van der Waals surface area contributed by atoms with E-state index in [0.717, 1.165) is 84.0 Å². The van der Waals surface area contributed by atoms with Crippen LogP contribution >= 0.6 is 0 Å². The second-order valence-electron chi connectivity index (χ2n) is 9.77. The number of pyridine rings is 2. The number of allylic oxidation sites excluding steroid dienone is 2. The monoisotopic (exact) mass is 457 g/mol. The first-order valence-corrected chi connectivity index (χ1v) is 12.5. The van der Waals surface area contributed by atoms with Crippen molar-refractivity contribution in [2.24, 2.45) is 5.92 Å². The Balaban J connectivity index is 1.47. The normalized spacial score (nSPS) is 21.3. The number of methoxy groups -OCH3 is 1. The van der Waals surface area contributed by atoms with Gasteiger partial charge in [-0.1, -0.05) is 12.5 Å². The van der Waals surface area contributed by atoms with E-state index in [4.69, 9.17) is 9.72 Å². The van der Waals surface area contributed by atoms with E-state index in [1.807, 2.05) is 33.8 Å². The number of aromatic nitrogens is 5. The summed E-state index contributed by atoms with van der Waals surface area (Å²) in [5.74, 6) is 0.428. The van der Waals surface area contributed by atoms with Gasteiger partial charge in [0.25, 0.3) is 0 Å². The molecule has 0 aromatic carbocycles. The lowest BCUT2D eigenvalue weighted by Gasteiger charge is -2.28. The van der Waals surface area contributed by atoms with Crippen molar-refractivity contribution in [1.29, 1.82) is 0 Å². The first-order chi connectivity index (χ1) is 16.7. The molecule has 34 heavy (non-hydrogen) atoms. The van der Waals surface area contributed by atoms with Gasteiger partial charge in [0.2, 0.25) is 0 Å². The maximum absolute atomic E-state index is 13.8. The highest BCUT2D eigenvalue weighted by atomic mass is 16.5. The van der Waals surface area contributed by atoms with Crippen molar-refractivity contribution in [3.05, 3.63) is 53.3 Å². The number of rotatable bonds is 5. The average Bonchev–Trinajstić information content (AvgIpc) is 3.46. The smallest absolute Gasteiger partial charge is 0.334 e. The van der Waals surface area contributed by atoms with Crippen LogP contribution in [0, 0.1) is 5.92 Å². The number of nitrogens with zero attached hydrogens (tertiary/aromatic N) is 4. The summed E-state index contributed by atoms with van der Waals surface area (Å²) in [6, 6.07) is 6.26. The van der Waals surface area contributed by atoms with E-state index in [9.17, 15) is 4.79 Å². The lowest BCUT2D eigenvalue weighted by molar-refractivity contribution is 0.0472. The van der Waals surface area contributed by atoms with Gasteiger partial charge >= 0.3 is 5.69 Å². The highest BCUT2D eigenvalue weighted by Crippen LogP contribution is 2.31. The molecule has 0 unspecified atom stereocenters.